The van der Waals surface area contributed by atoms with Gasteiger partial charge in [-0.3, -0.25) is 0 Å². The van der Waals surface area contributed by atoms with Crippen LogP contribution in [0.4, 0.5) is 26.3 Å². The molecule has 0 atom stereocenters. The number of halogens is 6. The van der Waals surface area contributed by atoms with E-state index < -0.39 is 23.5 Å². The molecule has 0 amide bonds. The highest BCUT2D eigenvalue weighted by Crippen LogP contribution is 2.45. The van der Waals surface area contributed by atoms with Crippen molar-refractivity contribution in [1.82, 2.24) is 24.1 Å². The average molecular weight is 1030 g/mol. The van der Waals surface area contributed by atoms with E-state index in [4.69, 9.17) is 15.0 Å². The van der Waals surface area contributed by atoms with E-state index in [1.807, 2.05) is 133 Å². The Balaban J connectivity index is 1.12. The minimum absolute atomic E-state index is 0.369. The van der Waals surface area contributed by atoms with Gasteiger partial charge in [-0.1, -0.05) is 146 Å². The monoisotopic (exact) mass is 1030 g/mol. The molecule has 3 heterocycles. The van der Waals surface area contributed by atoms with Crippen molar-refractivity contribution in [2.45, 2.75) is 26.2 Å². The van der Waals surface area contributed by atoms with Gasteiger partial charge in [0.2, 0.25) is 0 Å². The molecule has 0 aliphatic heterocycles. The van der Waals surface area contributed by atoms with Gasteiger partial charge in [0.15, 0.2) is 17.5 Å². The molecule has 378 valence electrons. The number of hydrogen-bond donors (Lipinski definition) is 0. The Hall–Kier alpha value is -9.61. The number of para-hydroxylation sites is 3. The molecule has 0 radical (unpaired) electrons. The topological polar surface area (TPSA) is 48.5 Å². The van der Waals surface area contributed by atoms with Gasteiger partial charge in [0.05, 0.1) is 38.9 Å². The number of hydrogen-bond acceptors (Lipinski definition) is 3. The van der Waals surface area contributed by atoms with Crippen LogP contribution < -0.4 is 0 Å². The van der Waals surface area contributed by atoms with Gasteiger partial charge < -0.3 is 9.13 Å². The third-order valence-corrected chi connectivity index (χ3v) is 14.4. The summed E-state index contributed by atoms with van der Waals surface area (Å²) in [4.78, 5) is 15.6. The maximum Gasteiger partial charge on any atom is 0.416 e. The Morgan fingerprint density at radius 2 is 0.795 bits per heavy atom. The predicted molar refractivity (Wildman–Crippen MR) is 301 cm³/mol. The normalized spacial score (nSPS) is 12.1. The zero-order valence-corrected chi connectivity index (χ0v) is 41.9. The number of nitrogens with zero attached hydrogens (tertiary/aromatic N) is 5. The van der Waals surface area contributed by atoms with Crippen LogP contribution in [0.2, 0.25) is 0 Å². The molecule has 3 aromatic heterocycles. The summed E-state index contributed by atoms with van der Waals surface area (Å²) in [5.41, 5.74) is 10.3. The van der Waals surface area contributed by atoms with Gasteiger partial charge in [0.1, 0.15) is 0 Å². The number of fused-ring (bicyclic) bond motifs is 6. The van der Waals surface area contributed by atoms with E-state index in [1.165, 1.54) is 0 Å². The minimum Gasteiger partial charge on any atom is -0.309 e. The second-order valence-electron chi connectivity index (χ2n) is 19.6. The molecule has 5 nitrogen and oxygen atoms in total. The Labute approximate surface area is 444 Å². The minimum atomic E-state index is -4.58. The highest BCUT2D eigenvalue weighted by atomic mass is 19.4. The predicted octanol–water partition coefficient (Wildman–Crippen LogP) is 18.7. The molecule has 78 heavy (non-hydrogen) atoms. The van der Waals surface area contributed by atoms with E-state index in [9.17, 15) is 26.3 Å². The van der Waals surface area contributed by atoms with Crippen molar-refractivity contribution in [3.8, 4) is 78.9 Å². The van der Waals surface area contributed by atoms with Gasteiger partial charge in [0, 0.05) is 49.5 Å². The van der Waals surface area contributed by atoms with Gasteiger partial charge in [-0.15, -0.1) is 0 Å². The molecular weight excluding hydrogens is 989 g/mol. The average Bonchev–Trinajstić information content (AvgIpc) is 4.21. The summed E-state index contributed by atoms with van der Waals surface area (Å²) >= 11 is 0. The lowest BCUT2D eigenvalue weighted by atomic mass is 9.96. The second kappa shape index (κ2) is 18.6. The molecule has 0 unspecified atom stereocenters. The van der Waals surface area contributed by atoms with Crippen molar-refractivity contribution in [2.75, 3.05) is 0 Å². The van der Waals surface area contributed by atoms with E-state index in [-0.39, 0.29) is 0 Å². The number of rotatable bonds is 8. The lowest BCUT2D eigenvalue weighted by Crippen LogP contribution is -2.05. The molecule has 13 aromatic rings. The van der Waals surface area contributed by atoms with Crippen molar-refractivity contribution >= 4 is 43.6 Å². The third kappa shape index (κ3) is 8.53. The van der Waals surface area contributed by atoms with Crippen LogP contribution in [-0.4, -0.2) is 24.1 Å². The lowest BCUT2D eigenvalue weighted by molar-refractivity contribution is -0.138. The number of alkyl halides is 6. The molecule has 0 N–H and O–H groups in total. The molecular formula is C67H43F6N5. The highest BCUT2D eigenvalue weighted by molar-refractivity contribution is 6.15. The molecule has 11 heteroatoms. The number of aromatic nitrogens is 5. The zero-order chi connectivity index (χ0) is 53.5. The van der Waals surface area contributed by atoms with E-state index in [0.29, 0.717) is 83.9 Å². The molecule has 0 saturated heterocycles. The Morgan fingerprint density at radius 1 is 0.321 bits per heavy atom. The van der Waals surface area contributed by atoms with Gasteiger partial charge in [-0.25, -0.2) is 15.0 Å². The van der Waals surface area contributed by atoms with Crippen molar-refractivity contribution in [1.29, 1.82) is 0 Å². The summed E-state index contributed by atoms with van der Waals surface area (Å²) in [7, 11) is 0. The fourth-order valence-corrected chi connectivity index (χ4v) is 11.0. The summed E-state index contributed by atoms with van der Waals surface area (Å²) < 4.78 is 90.4. The molecule has 0 fully saturated rings. The Bertz CT molecular complexity index is 4300. The van der Waals surface area contributed by atoms with E-state index in [2.05, 4.69) is 63.7 Å². The lowest BCUT2D eigenvalue weighted by Gasteiger charge is -2.17. The maximum atomic E-state index is 14.3. The first-order valence-electron chi connectivity index (χ1n) is 25.3. The van der Waals surface area contributed by atoms with E-state index in [1.54, 1.807) is 26.0 Å². The van der Waals surface area contributed by atoms with Crippen LogP contribution in [0.3, 0.4) is 0 Å². The van der Waals surface area contributed by atoms with Gasteiger partial charge in [-0.2, -0.15) is 26.3 Å². The number of aryl methyl sites for hydroxylation is 2. The smallest absolute Gasteiger partial charge is 0.309 e. The van der Waals surface area contributed by atoms with Crippen LogP contribution >= 0.6 is 0 Å². The first-order chi connectivity index (χ1) is 37.7. The van der Waals surface area contributed by atoms with Crippen molar-refractivity contribution in [2.24, 2.45) is 0 Å². The molecule has 0 bridgehead atoms. The van der Waals surface area contributed by atoms with Gasteiger partial charge >= 0.3 is 12.4 Å². The fourth-order valence-electron chi connectivity index (χ4n) is 11.0. The Kier molecular flexibility index (Phi) is 11.5. The first-order valence-corrected chi connectivity index (χ1v) is 25.3. The summed E-state index contributed by atoms with van der Waals surface area (Å²) in [6, 6.07) is 69.7. The van der Waals surface area contributed by atoms with Crippen molar-refractivity contribution in [3.63, 3.8) is 0 Å². The van der Waals surface area contributed by atoms with Crippen LogP contribution in [-0.2, 0) is 12.4 Å². The molecule has 0 spiro atoms. The van der Waals surface area contributed by atoms with Crippen molar-refractivity contribution < 1.29 is 26.3 Å². The molecule has 13 rings (SSSR count). The van der Waals surface area contributed by atoms with Crippen LogP contribution in [0, 0.1) is 13.8 Å². The summed E-state index contributed by atoms with van der Waals surface area (Å²) in [5, 5.41) is 3.50. The number of benzene rings is 10. The quantitative estimate of drug-likeness (QED) is 0.143. The van der Waals surface area contributed by atoms with E-state index >= 15 is 0 Å². The van der Waals surface area contributed by atoms with Crippen molar-refractivity contribution in [3.05, 3.63) is 247 Å². The third-order valence-electron chi connectivity index (χ3n) is 14.4. The van der Waals surface area contributed by atoms with Gasteiger partial charge in [0.25, 0.3) is 0 Å². The van der Waals surface area contributed by atoms with Gasteiger partial charge in [-0.05, 0) is 132 Å². The van der Waals surface area contributed by atoms with Crippen LogP contribution in [0.25, 0.3) is 123 Å². The summed E-state index contributed by atoms with van der Waals surface area (Å²) in [5.74, 6) is 1.27. The van der Waals surface area contributed by atoms with E-state index in [0.717, 1.165) is 74.0 Å². The molecule has 0 aliphatic carbocycles. The Morgan fingerprint density at radius 3 is 1.35 bits per heavy atom. The van der Waals surface area contributed by atoms with Crippen LogP contribution in [0.5, 0.6) is 0 Å². The summed E-state index contributed by atoms with van der Waals surface area (Å²) in [6.45, 7) is 3.26. The molecule has 10 aromatic carbocycles. The van der Waals surface area contributed by atoms with Crippen LogP contribution in [0.15, 0.2) is 224 Å². The second-order valence-corrected chi connectivity index (χ2v) is 19.6. The maximum absolute atomic E-state index is 14.3. The largest absolute Gasteiger partial charge is 0.416 e. The highest BCUT2D eigenvalue weighted by Gasteiger charge is 2.32. The summed E-state index contributed by atoms with van der Waals surface area (Å²) in [6.07, 6.45) is -9.16. The molecule has 0 saturated carbocycles. The SMILES string of the molecule is Cc1cc(-c2ccc3c(c2)c2cc(-c4cc(C)cc(C(F)(F)F)c4)ccc2n3-c2ccc(-c3cccc4c5ccccc5n(-c5ccccc5)c34)cc2-c2nc(-c3ccccc3)nc(-c3ccccc3)n2)cc(C(F)(F)F)c1. The van der Waals surface area contributed by atoms with Crippen LogP contribution in [0.1, 0.15) is 22.3 Å². The zero-order valence-electron chi connectivity index (χ0n) is 41.9. The fraction of sp³-hybridized carbons (Fsp3) is 0.0597. The molecule has 0 aliphatic rings. The standard InChI is InChI=1S/C67H43F6N5/c1-40-31-47(35-49(33-40)66(68,69)70)44-25-28-59-55(37-44)56-38-45(48-32-41(2)34-50(36-48)67(71,72)73)26-29-60(56)78(59)61-30-27-46(52-22-14-23-54-53-21-12-13-24-58(53)77(62(52)54)51-19-10-5-11-20-51)39-57(61)65-75-63(42-15-6-3-7-16-42)74-64(76-65)43-17-8-4-9-18-43/h3-39H,1-2H3. The first kappa shape index (κ1) is 48.1.